The largest absolute Gasteiger partial charge is 0.504 e. The summed E-state index contributed by atoms with van der Waals surface area (Å²) in [7, 11) is 0. The molecule has 1 unspecified atom stereocenters. The van der Waals surface area contributed by atoms with Crippen molar-refractivity contribution in [1.29, 1.82) is 0 Å². The van der Waals surface area contributed by atoms with Crippen LogP contribution in [0.25, 0.3) is 6.08 Å². The van der Waals surface area contributed by atoms with E-state index >= 15 is 0 Å². The van der Waals surface area contributed by atoms with Crippen LogP contribution >= 0.6 is 0 Å². The van der Waals surface area contributed by atoms with E-state index in [0.29, 0.717) is 5.56 Å². The second kappa shape index (κ2) is 7.62. The van der Waals surface area contributed by atoms with Crippen LogP contribution in [0.2, 0.25) is 0 Å². The van der Waals surface area contributed by atoms with Gasteiger partial charge in [0.05, 0.1) is 0 Å². The molecule has 0 radical (unpaired) electrons. The first-order valence-electron chi connectivity index (χ1n) is 6.78. The van der Waals surface area contributed by atoms with E-state index in [9.17, 15) is 15.0 Å². The number of carbonyl (C=O) groups is 1. The predicted molar refractivity (Wildman–Crippen MR) is 77.1 cm³/mol. The normalized spacial score (nSPS) is 12.7. The highest BCUT2D eigenvalue weighted by Crippen LogP contribution is 2.25. The molecule has 19 heavy (non-hydrogen) atoms. The summed E-state index contributed by atoms with van der Waals surface area (Å²) in [6, 6.07) is 4.49. The van der Waals surface area contributed by atoms with Crippen molar-refractivity contribution in [3.63, 3.8) is 0 Å². The zero-order valence-electron chi connectivity index (χ0n) is 11.6. The van der Waals surface area contributed by atoms with E-state index in [1.807, 2.05) is 6.92 Å². The molecule has 104 valence electrons. The topological polar surface area (TPSA) is 57.5 Å². The highest BCUT2D eigenvalue weighted by Gasteiger charge is 2.09. The molecule has 0 aliphatic heterocycles. The first-order chi connectivity index (χ1) is 9.04. The highest BCUT2D eigenvalue weighted by molar-refractivity contribution is 5.95. The molecular weight excluding hydrogens is 240 g/mol. The summed E-state index contributed by atoms with van der Waals surface area (Å²) in [4.78, 5) is 11.9. The highest BCUT2D eigenvalue weighted by atomic mass is 16.3. The van der Waals surface area contributed by atoms with Gasteiger partial charge in [-0.1, -0.05) is 45.3 Å². The monoisotopic (exact) mass is 262 g/mol. The Morgan fingerprint density at radius 2 is 2.00 bits per heavy atom. The fourth-order valence-corrected chi connectivity index (χ4v) is 1.83. The molecule has 1 aromatic rings. The van der Waals surface area contributed by atoms with Crippen molar-refractivity contribution in [1.82, 2.24) is 0 Å². The summed E-state index contributed by atoms with van der Waals surface area (Å²) in [6.45, 7) is 4.08. The molecule has 0 bridgehead atoms. The number of hydrogen-bond donors (Lipinski definition) is 2. The molecule has 0 aliphatic carbocycles. The van der Waals surface area contributed by atoms with Gasteiger partial charge in [0.1, 0.15) is 0 Å². The van der Waals surface area contributed by atoms with E-state index in [4.69, 9.17) is 0 Å². The molecule has 1 atom stereocenters. The van der Waals surface area contributed by atoms with Crippen LogP contribution in [-0.4, -0.2) is 16.0 Å². The Balaban J connectivity index is 2.55. The predicted octanol–water partition coefficient (Wildman–Crippen LogP) is 3.90. The summed E-state index contributed by atoms with van der Waals surface area (Å²) >= 11 is 0. The fourth-order valence-electron chi connectivity index (χ4n) is 1.83. The van der Waals surface area contributed by atoms with Crippen LogP contribution in [0.15, 0.2) is 24.3 Å². The van der Waals surface area contributed by atoms with Crippen molar-refractivity contribution >= 4 is 11.9 Å². The van der Waals surface area contributed by atoms with Crippen LogP contribution in [0.3, 0.4) is 0 Å². The van der Waals surface area contributed by atoms with Crippen molar-refractivity contribution in [2.45, 2.75) is 39.5 Å². The first kappa shape index (κ1) is 15.3. The van der Waals surface area contributed by atoms with Gasteiger partial charge in [0, 0.05) is 5.92 Å². The van der Waals surface area contributed by atoms with Gasteiger partial charge in [0.15, 0.2) is 17.3 Å². The lowest BCUT2D eigenvalue weighted by Crippen LogP contribution is -2.07. The lowest BCUT2D eigenvalue weighted by Gasteiger charge is -2.06. The van der Waals surface area contributed by atoms with Crippen molar-refractivity contribution in [3.8, 4) is 11.5 Å². The third-order valence-electron chi connectivity index (χ3n) is 3.17. The average Bonchev–Trinajstić information content (AvgIpc) is 2.40. The molecule has 3 heteroatoms. The molecule has 0 saturated carbocycles. The minimum absolute atomic E-state index is 0.0357. The van der Waals surface area contributed by atoms with Crippen molar-refractivity contribution in [2.24, 2.45) is 5.92 Å². The Morgan fingerprint density at radius 3 is 2.63 bits per heavy atom. The van der Waals surface area contributed by atoms with Crippen molar-refractivity contribution < 1.29 is 15.0 Å². The maximum Gasteiger partial charge on any atom is 0.158 e. The Labute approximate surface area is 114 Å². The first-order valence-corrected chi connectivity index (χ1v) is 6.78. The number of unbranched alkanes of at least 4 members (excludes halogenated alkanes) is 2. The van der Waals surface area contributed by atoms with Crippen LogP contribution in [0.4, 0.5) is 0 Å². The van der Waals surface area contributed by atoms with Gasteiger partial charge in [0.2, 0.25) is 0 Å². The molecular formula is C16H22O3. The number of rotatable bonds is 7. The minimum atomic E-state index is -0.175. The SMILES string of the molecule is CCCCCC(C)C(=O)/C=C/c1ccc(O)c(O)c1. The molecule has 0 heterocycles. The van der Waals surface area contributed by atoms with Crippen LogP contribution in [0.5, 0.6) is 11.5 Å². The summed E-state index contributed by atoms with van der Waals surface area (Å²) in [6.07, 6.45) is 7.52. The zero-order valence-corrected chi connectivity index (χ0v) is 11.6. The van der Waals surface area contributed by atoms with Gasteiger partial charge in [-0.25, -0.2) is 0 Å². The quantitative estimate of drug-likeness (QED) is 0.445. The number of aromatic hydroxyl groups is 2. The van der Waals surface area contributed by atoms with Gasteiger partial charge < -0.3 is 10.2 Å². The summed E-state index contributed by atoms with van der Waals surface area (Å²) in [5, 5.41) is 18.5. The van der Waals surface area contributed by atoms with E-state index in [1.54, 1.807) is 18.2 Å². The van der Waals surface area contributed by atoms with E-state index in [-0.39, 0.29) is 23.2 Å². The van der Waals surface area contributed by atoms with E-state index in [2.05, 4.69) is 6.92 Å². The summed E-state index contributed by atoms with van der Waals surface area (Å²) < 4.78 is 0. The van der Waals surface area contributed by atoms with E-state index < -0.39 is 0 Å². The summed E-state index contributed by atoms with van der Waals surface area (Å²) in [5.74, 6) is -0.195. The molecule has 0 saturated heterocycles. The lowest BCUT2D eigenvalue weighted by molar-refractivity contribution is -0.117. The number of phenolic OH excluding ortho intramolecular Hbond substituents is 2. The fraction of sp³-hybridized carbons (Fsp3) is 0.438. The van der Waals surface area contributed by atoms with Crippen molar-refractivity contribution in [3.05, 3.63) is 29.8 Å². The van der Waals surface area contributed by atoms with Crippen LogP contribution < -0.4 is 0 Å². The molecule has 3 nitrogen and oxygen atoms in total. The smallest absolute Gasteiger partial charge is 0.158 e. The van der Waals surface area contributed by atoms with E-state index in [0.717, 1.165) is 25.7 Å². The maximum atomic E-state index is 11.9. The number of hydrogen-bond acceptors (Lipinski definition) is 3. The van der Waals surface area contributed by atoms with Crippen LogP contribution in [0.1, 0.15) is 45.1 Å². The lowest BCUT2D eigenvalue weighted by atomic mass is 9.98. The number of phenols is 2. The third kappa shape index (κ3) is 5.16. The van der Waals surface area contributed by atoms with Crippen LogP contribution in [-0.2, 0) is 4.79 Å². The second-order valence-corrected chi connectivity index (χ2v) is 4.88. The Hall–Kier alpha value is -1.77. The van der Waals surface area contributed by atoms with Crippen LogP contribution in [0, 0.1) is 5.92 Å². The standard InChI is InChI=1S/C16H22O3/c1-3-4-5-6-12(2)14(17)9-7-13-8-10-15(18)16(19)11-13/h7-12,18-19H,3-6H2,1-2H3/b9-7+. The summed E-state index contributed by atoms with van der Waals surface area (Å²) in [5.41, 5.74) is 0.699. The minimum Gasteiger partial charge on any atom is -0.504 e. The molecule has 0 aromatic heterocycles. The molecule has 0 fully saturated rings. The number of carbonyl (C=O) groups excluding carboxylic acids is 1. The van der Waals surface area contributed by atoms with Gasteiger partial charge in [-0.05, 0) is 30.2 Å². The molecule has 0 aliphatic rings. The number of allylic oxidation sites excluding steroid dienone is 1. The molecule has 1 aromatic carbocycles. The molecule has 1 rings (SSSR count). The second-order valence-electron chi connectivity index (χ2n) is 4.88. The molecule has 0 amide bonds. The van der Waals surface area contributed by atoms with Gasteiger partial charge in [-0.3, -0.25) is 4.79 Å². The van der Waals surface area contributed by atoms with Gasteiger partial charge in [-0.15, -0.1) is 0 Å². The average molecular weight is 262 g/mol. The Morgan fingerprint density at radius 1 is 1.26 bits per heavy atom. The van der Waals surface area contributed by atoms with E-state index in [1.165, 1.54) is 12.1 Å². The number of benzene rings is 1. The van der Waals surface area contributed by atoms with Gasteiger partial charge in [0.25, 0.3) is 0 Å². The Bertz CT molecular complexity index is 449. The third-order valence-corrected chi connectivity index (χ3v) is 3.17. The Kier molecular flexibility index (Phi) is 6.13. The maximum absolute atomic E-state index is 11.9. The van der Waals surface area contributed by atoms with Crippen molar-refractivity contribution in [2.75, 3.05) is 0 Å². The van der Waals surface area contributed by atoms with Gasteiger partial charge in [-0.2, -0.15) is 0 Å². The number of ketones is 1. The zero-order chi connectivity index (χ0) is 14.3. The van der Waals surface area contributed by atoms with Gasteiger partial charge >= 0.3 is 0 Å². The molecule has 0 spiro atoms. The molecule has 2 N–H and O–H groups in total.